The number of sulfonamides is 1. The number of halogens is 6. The average Bonchev–Trinajstić information content (AvgIpc) is 2.48. The monoisotopic (exact) mass is 393 g/mol. The van der Waals surface area contributed by atoms with E-state index < -0.39 is 45.7 Å². The molecule has 0 aliphatic heterocycles. The van der Waals surface area contributed by atoms with E-state index in [-0.39, 0.29) is 12.0 Å². The Kier molecular flexibility index (Phi) is 6.45. The molecule has 0 aromatic heterocycles. The van der Waals surface area contributed by atoms with E-state index in [1.807, 2.05) is 0 Å². The first kappa shape index (κ1) is 21.2. The summed E-state index contributed by atoms with van der Waals surface area (Å²) in [6, 6.07) is 2.01. The number of methoxy groups -OCH3 is 1. The van der Waals surface area contributed by atoms with Crippen LogP contribution in [0.2, 0.25) is 0 Å². The summed E-state index contributed by atoms with van der Waals surface area (Å²) in [5.74, 6) is -1.29. The maximum atomic E-state index is 12.6. The summed E-state index contributed by atoms with van der Waals surface area (Å²) in [4.78, 5) is 11.5. The van der Waals surface area contributed by atoms with E-state index in [0.29, 0.717) is 0 Å². The van der Waals surface area contributed by atoms with Crippen LogP contribution in [0, 0.1) is 0 Å². The molecule has 0 amide bonds. The lowest BCUT2D eigenvalue weighted by Crippen LogP contribution is -2.47. The number of carbonyl (C=O) groups excluding carboxylic acids is 1. The molecule has 0 bridgehead atoms. The lowest BCUT2D eigenvalue weighted by Gasteiger charge is -2.18. The molecule has 142 valence electrons. The van der Waals surface area contributed by atoms with Crippen LogP contribution in [0.1, 0.15) is 17.5 Å². The van der Waals surface area contributed by atoms with Gasteiger partial charge in [-0.15, -0.1) is 0 Å². The minimum atomic E-state index is -5.82. The van der Waals surface area contributed by atoms with Crippen molar-refractivity contribution in [3.63, 3.8) is 0 Å². The van der Waals surface area contributed by atoms with Gasteiger partial charge in [0.2, 0.25) is 0 Å². The zero-order valence-electron chi connectivity index (χ0n) is 12.6. The van der Waals surface area contributed by atoms with E-state index in [9.17, 15) is 39.6 Å². The molecular weight excluding hydrogens is 380 g/mol. The summed E-state index contributed by atoms with van der Waals surface area (Å²) in [5.41, 5.74) is -6.56. The van der Waals surface area contributed by atoms with Crippen molar-refractivity contribution in [2.45, 2.75) is 30.6 Å². The summed E-state index contributed by atoms with van der Waals surface area (Å²) in [6.07, 6.45) is -5.43. The van der Waals surface area contributed by atoms with E-state index in [0.717, 1.165) is 30.0 Å². The third-order valence-electron chi connectivity index (χ3n) is 3.06. The van der Waals surface area contributed by atoms with Gasteiger partial charge in [-0.2, -0.15) is 31.1 Å². The minimum absolute atomic E-state index is 0.0648. The molecule has 0 aliphatic carbocycles. The Hall–Kier alpha value is -1.82. The van der Waals surface area contributed by atoms with Gasteiger partial charge in [-0.25, -0.2) is 8.42 Å². The van der Waals surface area contributed by atoms with Crippen LogP contribution in [0.5, 0.6) is 0 Å². The highest BCUT2D eigenvalue weighted by atomic mass is 32.2. The first-order valence-electron chi connectivity index (χ1n) is 6.60. The number of rotatable bonds is 6. The molecule has 1 aromatic rings. The number of alkyl halides is 6. The number of hydrogen-bond acceptors (Lipinski definition) is 4. The Bertz CT molecular complexity index is 714. The van der Waals surface area contributed by atoms with Crippen LogP contribution in [0.3, 0.4) is 0 Å². The van der Waals surface area contributed by atoms with Crippen molar-refractivity contribution in [1.29, 1.82) is 0 Å². The third-order valence-corrected chi connectivity index (χ3v) is 4.27. The molecule has 0 unspecified atom stereocenters. The van der Waals surface area contributed by atoms with Crippen LogP contribution in [0.4, 0.5) is 26.3 Å². The molecule has 1 atom stereocenters. The standard InChI is InChI=1S/C13H13F6NO4S/c1-24-11(21)10(20-25(22,23)13(17,18)19)6-5-8-3-2-4-9(7-8)12(14,15)16/h2-4,7,10,20H,5-6H2,1H3/t10-/m0/s1. The van der Waals surface area contributed by atoms with Crippen LogP contribution in [-0.2, 0) is 32.2 Å². The van der Waals surface area contributed by atoms with E-state index >= 15 is 0 Å². The molecule has 0 spiro atoms. The number of nitrogens with one attached hydrogen (secondary N) is 1. The minimum Gasteiger partial charge on any atom is -0.468 e. The number of carbonyl (C=O) groups is 1. The lowest BCUT2D eigenvalue weighted by molar-refractivity contribution is -0.143. The molecule has 0 saturated heterocycles. The number of aryl methyl sites for hydroxylation is 1. The van der Waals surface area contributed by atoms with E-state index in [4.69, 9.17) is 0 Å². The maximum absolute atomic E-state index is 12.6. The summed E-state index contributed by atoms with van der Waals surface area (Å²) in [5, 5.41) is 0. The Balaban J connectivity index is 2.93. The number of hydrogen-bond donors (Lipinski definition) is 1. The van der Waals surface area contributed by atoms with E-state index in [2.05, 4.69) is 4.74 Å². The van der Waals surface area contributed by atoms with Gasteiger partial charge in [-0.1, -0.05) is 18.2 Å². The van der Waals surface area contributed by atoms with Gasteiger partial charge >= 0.3 is 27.7 Å². The second-order valence-electron chi connectivity index (χ2n) is 4.88. The zero-order valence-corrected chi connectivity index (χ0v) is 13.4. The van der Waals surface area contributed by atoms with Crippen LogP contribution >= 0.6 is 0 Å². The maximum Gasteiger partial charge on any atom is 0.511 e. The summed E-state index contributed by atoms with van der Waals surface area (Å²) in [7, 11) is -4.98. The fraction of sp³-hybridized carbons (Fsp3) is 0.462. The fourth-order valence-corrected chi connectivity index (χ4v) is 2.56. The highest BCUT2D eigenvalue weighted by molar-refractivity contribution is 7.90. The van der Waals surface area contributed by atoms with Crippen LogP contribution in [0.15, 0.2) is 24.3 Å². The van der Waals surface area contributed by atoms with Crippen LogP contribution in [-0.4, -0.2) is 33.0 Å². The molecule has 1 N–H and O–H groups in total. The number of ether oxygens (including phenoxy) is 1. The smallest absolute Gasteiger partial charge is 0.468 e. The molecule has 0 radical (unpaired) electrons. The van der Waals surface area contributed by atoms with Gasteiger partial charge < -0.3 is 4.74 Å². The Morgan fingerprint density at radius 3 is 2.28 bits per heavy atom. The highest BCUT2D eigenvalue weighted by Crippen LogP contribution is 2.30. The van der Waals surface area contributed by atoms with Crippen molar-refractivity contribution in [1.82, 2.24) is 4.72 Å². The van der Waals surface area contributed by atoms with Gasteiger partial charge in [-0.05, 0) is 24.5 Å². The molecule has 0 aliphatic rings. The topological polar surface area (TPSA) is 72.5 Å². The fourth-order valence-electron chi connectivity index (χ4n) is 1.84. The van der Waals surface area contributed by atoms with Crippen molar-refractivity contribution in [3.05, 3.63) is 35.4 Å². The van der Waals surface area contributed by atoms with Gasteiger partial charge in [-0.3, -0.25) is 4.79 Å². The van der Waals surface area contributed by atoms with E-state index in [1.54, 1.807) is 0 Å². The zero-order chi connectivity index (χ0) is 19.5. The molecule has 5 nitrogen and oxygen atoms in total. The average molecular weight is 393 g/mol. The van der Waals surface area contributed by atoms with E-state index in [1.165, 1.54) is 6.07 Å². The third kappa shape index (κ3) is 5.88. The Morgan fingerprint density at radius 2 is 1.80 bits per heavy atom. The summed E-state index contributed by atoms with van der Waals surface area (Å²) in [6.45, 7) is 0. The second-order valence-corrected chi connectivity index (χ2v) is 6.59. The lowest BCUT2D eigenvalue weighted by atomic mass is 10.0. The second kappa shape index (κ2) is 7.60. The van der Waals surface area contributed by atoms with Crippen molar-refractivity contribution >= 4 is 16.0 Å². The quantitative estimate of drug-likeness (QED) is 0.596. The summed E-state index contributed by atoms with van der Waals surface area (Å²) >= 11 is 0. The molecule has 12 heteroatoms. The van der Waals surface area contributed by atoms with Crippen molar-refractivity contribution in [2.75, 3.05) is 7.11 Å². The molecule has 0 saturated carbocycles. The first-order chi connectivity index (χ1) is 11.3. The van der Waals surface area contributed by atoms with Gasteiger partial charge in [0.25, 0.3) is 0 Å². The van der Waals surface area contributed by atoms with Crippen molar-refractivity contribution in [2.24, 2.45) is 0 Å². The van der Waals surface area contributed by atoms with Crippen LogP contribution in [0.25, 0.3) is 0 Å². The largest absolute Gasteiger partial charge is 0.511 e. The molecule has 0 fully saturated rings. The van der Waals surface area contributed by atoms with Gasteiger partial charge in [0, 0.05) is 0 Å². The molecular formula is C13H13F6NO4S. The van der Waals surface area contributed by atoms with Gasteiger partial charge in [0.15, 0.2) is 0 Å². The summed E-state index contributed by atoms with van der Waals surface area (Å²) < 4.78 is 103. The predicted octanol–water partition coefficient (Wildman–Crippen LogP) is 2.62. The number of esters is 1. The van der Waals surface area contributed by atoms with Crippen LogP contribution < -0.4 is 4.72 Å². The molecule has 25 heavy (non-hydrogen) atoms. The van der Waals surface area contributed by atoms with Crippen molar-refractivity contribution < 1.29 is 44.3 Å². The molecule has 0 heterocycles. The van der Waals surface area contributed by atoms with Gasteiger partial charge in [0.05, 0.1) is 12.7 Å². The SMILES string of the molecule is COC(=O)[C@H](CCc1cccc(C(F)(F)F)c1)NS(=O)(=O)C(F)(F)F. The van der Waals surface area contributed by atoms with Gasteiger partial charge in [0.1, 0.15) is 6.04 Å². The highest BCUT2D eigenvalue weighted by Gasteiger charge is 2.47. The Labute approximate surface area is 139 Å². The van der Waals surface area contributed by atoms with Crippen molar-refractivity contribution in [3.8, 4) is 0 Å². The predicted molar refractivity (Wildman–Crippen MR) is 73.7 cm³/mol. The molecule has 1 aromatic carbocycles. The molecule has 1 rings (SSSR count). The Morgan fingerprint density at radius 1 is 1.20 bits per heavy atom. The first-order valence-corrected chi connectivity index (χ1v) is 8.09. The number of benzene rings is 1. The normalized spacial score (nSPS) is 14.2.